The predicted octanol–water partition coefficient (Wildman–Crippen LogP) is 5.02. The number of rotatable bonds is 13. The van der Waals surface area contributed by atoms with Crippen LogP contribution in [0.1, 0.15) is 18.7 Å². The fourth-order valence-corrected chi connectivity index (χ4v) is 6.85. The van der Waals surface area contributed by atoms with Crippen LogP contribution in [0, 0.1) is 0 Å². The molecule has 16 heteroatoms. The van der Waals surface area contributed by atoms with Gasteiger partial charge >= 0.3 is 7.75 Å². The highest BCUT2D eigenvalue weighted by molar-refractivity contribution is 7.51. The van der Waals surface area contributed by atoms with Gasteiger partial charge in [0.25, 0.3) is 0 Å². The lowest BCUT2D eigenvalue weighted by Gasteiger charge is -2.30. The molecular formula is C32H34ClN6O8P. The Balaban J connectivity index is 1.22. The maximum Gasteiger partial charge on any atom is 0.515 e. The number of hydrogen-bond acceptors (Lipinski definition) is 12. The van der Waals surface area contributed by atoms with Gasteiger partial charge in [-0.1, -0.05) is 66.7 Å². The summed E-state index contributed by atoms with van der Waals surface area (Å²) in [5.74, 6) is 0.143. The number of anilines is 1. The van der Waals surface area contributed by atoms with Gasteiger partial charge in [-0.2, -0.15) is 4.67 Å². The van der Waals surface area contributed by atoms with E-state index in [4.69, 9.17) is 40.6 Å². The van der Waals surface area contributed by atoms with Crippen molar-refractivity contribution in [1.82, 2.24) is 24.2 Å². The highest BCUT2D eigenvalue weighted by Crippen LogP contribution is 2.54. The fraction of sp³-hybridized carbons (Fsp3) is 0.281. The Bertz CT molecular complexity index is 1960. The molecule has 0 saturated carbocycles. The van der Waals surface area contributed by atoms with Crippen molar-refractivity contribution >= 4 is 47.1 Å². The molecule has 0 amide bonds. The van der Waals surface area contributed by atoms with Gasteiger partial charge in [-0.3, -0.25) is 4.57 Å². The standard InChI is InChI=1S/C32H34ClN6O8P/c1-20(15-43-19-44-16-21-9-4-3-5-10-21)38(2)48(42,47-24-14-8-12-22-11-6-7-13-23(22)24)45-17-25-27(40)28(41)31(46-25)39-30-26(37-32(39)33)29(34)35-18-36-30/h3-14,17-18,20,27-28,31,40-41H,15-16,19H2,1-2H3,(H2,34,35,36)/b25-17+/t20-,27+,28+,31+,48?/m0/s1. The van der Waals surface area contributed by atoms with Crippen molar-refractivity contribution in [2.45, 2.75) is 38.0 Å². The predicted molar refractivity (Wildman–Crippen MR) is 178 cm³/mol. The molecule has 252 valence electrons. The average Bonchev–Trinajstić information content (AvgIpc) is 3.58. The van der Waals surface area contributed by atoms with Crippen LogP contribution in [-0.4, -0.2) is 73.1 Å². The van der Waals surface area contributed by atoms with Crippen molar-refractivity contribution in [2.75, 3.05) is 26.2 Å². The zero-order chi connectivity index (χ0) is 33.8. The molecule has 14 nitrogen and oxygen atoms in total. The number of ether oxygens (including phenoxy) is 3. The van der Waals surface area contributed by atoms with Crippen molar-refractivity contribution in [2.24, 2.45) is 0 Å². The number of nitrogen functional groups attached to an aromatic ring is 1. The lowest BCUT2D eigenvalue weighted by atomic mass is 10.1. The van der Waals surface area contributed by atoms with Gasteiger partial charge in [-0.25, -0.2) is 19.5 Å². The normalized spacial score (nSPS) is 20.6. The first kappa shape index (κ1) is 33.6. The van der Waals surface area contributed by atoms with Crippen LogP contribution in [0.4, 0.5) is 5.82 Å². The van der Waals surface area contributed by atoms with E-state index in [1.54, 1.807) is 26.1 Å². The molecule has 3 aromatic carbocycles. The smallest absolute Gasteiger partial charge is 0.465 e. The molecule has 3 heterocycles. The summed E-state index contributed by atoms with van der Waals surface area (Å²) in [6.45, 7) is 2.28. The van der Waals surface area contributed by atoms with E-state index in [9.17, 15) is 14.8 Å². The maximum atomic E-state index is 14.6. The Kier molecular flexibility index (Phi) is 10.1. The molecule has 0 radical (unpaired) electrons. The highest BCUT2D eigenvalue weighted by Gasteiger charge is 2.45. The summed E-state index contributed by atoms with van der Waals surface area (Å²) in [5, 5.41) is 23.4. The Morgan fingerprint density at radius 2 is 1.83 bits per heavy atom. The van der Waals surface area contributed by atoms with Gasteiger partial charge in [0.05, 0.1) is 13.2 Å². The van der Waals surface area contributed by atoms with Crippen molar-refractivity contribution in [1.29, 1.82) is 0 Å². The fourth-order valence-electron chi connectivity index (χ4n) is 5.07. The van der Waals surface area contributed by atoms with Gasteiger partial charge < -0.3 is 39.2 Å². The minimum absolute atomic E-state index is 0.00777. The minimum Gasteiger partial charge on any atom is -0.465 e. The molecule has 0 spiro atoms. The largest absolute Gasteiger partial charge is 0.515 e. The van der Waals surface area contributed by atoms with Crippen LogP contribution >= 0.6 is 19.3 Å². The number of aliphatic hydroxyl groups is 2. The summed E-state index contributed by atoms with van der Waals surface area (Å²) in [6, 6.07) is 22.0. The summed E-state index contributed by atoms with van der Waals surface area (Å²) >= 11 is 6.35. The Morgan fingerprint density at radius 1 is 1.08 bits per heavy atom. The van der Waals surface area contributed by atoms with E-state index in [0.29, 0.717) is 17.7 Å². The topological polar surface area (TPSA) is 177 Å². The van der Waals surface area contributed by atoms with Crippen molar-refractivity contribution < 1.29 is 38.0 Å². The number of aliphatic hydroxyl groups excluding tert-OH is 2. The van der Waals surface area contributed by atoms with Crippen molar-refractivity contribution in [3.63, 3.8) is 0 Å². The van der Waals surface area contributed by atoms with Crippen LogP contribution in [0.2, 0.25) is 5.28 Å². The van der Waals surface area contributed by atoms with Crippen molar-refractivity contribution in [3.8, 4) is 5.75 Å². The average molecular weight is 697 g/mol. The molecule has 1 aliphatic rings. The molecule has 1 unspecified atom stereocenters. The van der Waals surface area contributed by atoms with E-state index in [1.165, 1.54) is 15.6 Å². The van der Waals surface area contributed by atoms with Gasteiger partial charge in [0.15, 0.2) is 22.7 Å². The second-order valence-corrected chi connectivity index (χ2v) is 13.3. The van der Waals surface area contributed by atoms with Crippen LogP contribution in [0.3, 0.4) is 0 Å². The summed E-state index contributed by atoms with van der Waals surface area (Å²) in [6.07, 6.45) is -2.24. The highest BCUT2D eigenvalue weighted by atomic mass is 35.5. The monoisotopic (exact) mass is 696 g/mol. The number of nitrogens with zero attached hydrogens (tertiary/aromatic N) is 5. The second-order valence-electron chi connectivity index (χ2n) is 11.0. The molecule has 0 bridgehead atoms. The van der Waals surface area contributed by atoms with E-state index < -0.39 is 32.2 Å². The van der Waals surface area contributed by atoms with E-state index in [0.717, 1.165) is 17.2 Å². The summed E-state index contributed by atoms with van der Waals surface area (Å²) in [5.41, 5.74) is 7.28. The molecule has 0 aliphatic carbocycles. The first-order valence-corrected chi connectivity index (χ1v) is 16.8. The molecular weight excluding hydrogens is 663 g/mol. The lowest BCUT2D eigenvalue weighted by molar-refractivity contribution is -0.0706. The number of fused-ring (bicyclic) bond motifs is 2. The molecule has 6 rings (SSSR count). The summed E-state index contributed by atoms with van der Waals surface area (Å²) in [4.78, 5) is 12.2. The summed E-state index contributed by atoms with van der Waals surface area (Å²) in [7, 11) is -2.69. The van der Waals surface area contributed by atoms with Crippen LogP contribution in [0.15, 0.2) is 91.1 Å². The Hall–Kier alpha value is -4.27. The zero-order valence-electron chi connectivity index (χ0n) is 26.0. The molecule has 5 atom stereocenters. The van der Waals surface area contributed by atoms with Gasteiger partial charge in [-0.15, -0.1) is 0 Å². The van der Waals surface area contributed by atoms with E-state index >= 15 is 0 Å². The van der Waals surface area contributed by atoms with Gasteiger partial charge in [0, 0.05) is 18.5 Å². The first-order chi connectivity index (χ1) is 23.2. The van der Waals surface area contributed by atoms with Crippen molar-refractivity contribution in [3.05, 3.63) is 102 Å². The number of imidazole rings is 1. The molecule has 4 N–H and O–H groups in total. The lowest BCUT2D eigenvalue weighted by Crippen LogP contribution is -2.33. The Labute approximate surface area is 280 Å². The third kappa shape index (κ3) is 6.96. The van der Waals surface area contributed by atoms with Gasteiger partial charge in [0.2, 0.25) is 11.5 Å². The number of hydrogen-bond donors (Lipinski definition) is 3. The first-order valence-electron chi connectivity index (χ1n) is 14.9. The number of halogens is 1. The van der Waals surface area contributed by atoms with Crippen LogP contribution in [-0.2, 0) is 29.9 Å². The summed E-state index contributed by atoms with van der Waals surface area (Å²) < 4.78 is 46.6. The number of benzene rings is 3. The quantitative estimate of drug-likeness (QED) is 0.0492. The third-order valence-electron chi connectivity index (χ3n) is 7.81. The second kappa shape index (κ2) is 14.5. The maximum absolute atomic E-state index is 14.6. The molecule has 1 fully saturated rings. The van der Waals surface area contributed by atoms with E-state index in [2.05, 4.69) is 15.0 Å². The van der Waals surface area contributed by atoms with Crippen LogP contribution in [0.25, 0.3) is 21.9 Å². The molecule has 5 aromatic rings. The Morgan fingerprint density at radius 3 is 2.65 bits per heavy atom. The molecule has 1 aliphatic heterocycles. The zero-order valence-corrected chi connectivity index (χ0v) is 27.6. The van der Waals surface area contributed by atoms with Crippen LogP contribution in [0.5, 0.6) is 5.75 Å². The van der Waals surface area contributed by atoms with Gasteiger partial charge in [0.1, 0.15) is 37.3 Å². The SMILES string of the molecule is C[C@@H](COCOCc1ccccc1)N(C)P(=O)(O/C=C1/O[C@@H](n2c(Cl)nc3c(N)ncnc32)[C@H](O)[C@@H]1O)Oc1cccc2ccccc12. The van der Waals surface area contributed by atoms with E-state index in [-0.39, 0.29) is 41.4 Å². The van der Waals surface area contributed by atoms with Crippen LogP contribution < -0.4 is 10.3 Å². The third-order valence-corrected chi connectivity index (χ3v) is 10.0. The molecule has 1 saturated heterocycles. The minimum atomic E-state index is -4.25. The molecule has 48 heavy (non-hydrogen) atoms. The van der Waals surface area contributed by atoms with Gasteiger partial charge in [-0.05, 0) is 35.5 Å². The number of aromatic nitrogens is 4. The number of likely N-dealkylation sites (N-methyl/N-ethyl adjacent to an activating group) is 1. The van der Waals surface area contributed by atoms with E-state index in [1.807, 2.05) is 60.7 Å². The number of nitrogens with two attached hydrogens (primary N) is 1. The molecule has 2 aromatic heterocycles.